The van der Waals surface area contributed by atoms with Crippen LogP contribution in [0.3, 0.4) is 0 Å². The van der Waals surface area contributed by atoms with Gasteiger partial charge in [0.2, 0.25) is 10.0 Å². The van der Waals surface area contributed by atoms with Crippen molar-refractivity contribution in [2.75, 3.05) is 26.1 Å². The maximum absolute atomic E-state index is 12.3. The van der Waals surface area contributed by atoms with Gasteiger partial charge in [-0.1, -0.05) is 11.6 Å². The number of ether oxygens (including phenoxy) is 1. The predicted molar refractivity (Wildman–Crippen MR) is 90.6 cm³/mol. The van der Waals surface area contributed by atoms with Crippen molar-refractivity contribution in [1.82, 2.24) is 9.71 Å². The third-order valence-electron chi connectivity index (χ3n) is 3.17. The summed E-state index contributed by atoms with van der Waals surface area (Å²) >= 11 is 5.98. The standard InChI is InChI=1S/C15H18ClN3O3S/c1-19(2)15-8-11(6-7-17-15)10-18-23(20,21)12-4-5-14(22-3)13(16)9-12/h4-9,18H,10H2,1-3H3. The summed E-state index contributed by atoms with van der Waals surface area (Å²) in [6.07, 6.45) is 1.64. The van der Waals surface area contributed by atoms with Gasteiger partial charge in [0.25, 0.3) is 0 Å². The first kappa shape index (κ1) is 17.5. The molecule has 1 N–H and O–H groups in total. The van der Waals surface area contributed by atoms with E-state index in [1.807, 2.05) is 25.1 Å². The molecular weight excluding hydrogens is 338 g/mol. The Hall–Kier alpha value is -1.83. The lowest BCUT2D eigenvalue weighted by Crippen LogP contribution is -2.23. The lowest BCUT2D eigenvalue weighted by Gasteiger charge is -2.13. The molecule has 23 heavy (non-hydrogen) atoms. The molecule has 0 atom stereocenters. The van der Waals surface area contributed by atoms with Crippen LogP contribution >= 0.6 is 11.6 Å². The molecule has 0 radical (unpaired) electrons. The van der Waals surface area contributed by atoms with Crippen LogP contribution in [-0.2, 0) is 16.6 Å². The number of aromatic nitrogens is 1. The molecule has 0 aliphatic heterocycles. The Kier molecular flexibility index (Phi) is 5.46. The minimum atomic E-state index is -3.66. The van der Waals surface area contributed by atoms with E-state index in [0.717, 1.165) is 11.4 Å². The number of hydrogen-bond acceptors (Lipinski definition) is 5. The molecule has 2 aromatic rings. The van der Waals surface area contributed by atoms with Gasteiger partial charge in [-0.2, -0.15) is 0 Å². The Morgan fingerprint density at radius 1 is 1.26 bits per heavy atom. The SMILES string of the molecule is COc1ccc(S(=O)(=O)NCc2ccnc(N(C)C)c2)cc1Cl. The van der Waals surface area contributed by atoms with E-state index in [4.69, 9.17) is 16.3 Å². The molecule has 0 saturated carbocycles. The van der Waals surface area contributed by atoms with Crippen LogP contribution in [0.25, 0.3) is 0 Å². The van der Waals surface area contributed by atoms with E-state index in [1.165, 1.54) is 25.3 Å². The van der Waals surface area contributed by atoms with Gasteiger partial charge in [0, 0.05) is 26.8 Å². The number of rotatable bonds is 6. The fourth-order valence-corrected chi connectivity index (χ4v) is 3.26. The molecule has 1 aromatic carbocycles. The zero-order valence-electron chi connectivity index (χ0n) is 13.1. The van der Waals surface area contributed by atoms with Gasteiger partial charge in [0.15, 0.2) is 0 Å². The van der Waals surface area contributed by atoms with E-state index < -0.39 is 10.0 Å². The summed E-state index contributed by atoms with van der Waals surface area (Å²) in [6, 6.07) is 7.92. The summed E-state index contributed by atoms with van der Waals surface area (Å²) in [5.41, 5.74) is 0.812. The van der Waals surface area contributed by atoms with Crippen LogP contribution in [0.5, 0.6) is 5.75 Å². The number of sulfonamides is 1. The number of anilines is 1. The molecule has 124 valence electrons. The van der Waals surface area contributed by atoms with Crippen LogP contribution in [0.2, 0.25) is 5.02 Å². The van der Waals surface area contributed by atoms with Gasteiger partial charge in [-0.3, -0.25) is 0 Å². The van der Waals surface area contributed by atoms with Crippen molar-refractivity contribution in [3.05, 3.63) is 47.1 Å². The average molecular weight is 356 g/mol. The average Bonchev–Trinajstić information content (AvgIpc) is 2.53. The van der Waals surface area contributed by atoms with Crippen molar-refractivity contribution in [1.29, 1.82) is 0 Å². The number of nitrogens with zero attached hydrogens (tertiary/aromatic N) is 2. The molecule has 0 fully saturated rings. The fourth-order valence-electron chi connectivity index (χ4n) is 1.89. The highest BCUT2D eigenvalue weighted by atomic mass is 35.5. The summed E-state index contributed by atoms with van der Waals surface area (Å²) in [4.78, 5) is 6.13. The summed E-state index contributed by atoms with van der Waals surface area (Å²) < 4.78 is 32.2. The quantitative estimate of drug-likeness (QED) is 0.860. The summed E-state index contributed by atoms with van der Waals surface area (Å²) in [7, 11) is 1.55. The van der Waals surface area contributed by atoms with Gasteiger partial charge in [-0.05, 0) is 35.9 Å². The number of hydrogen-bond donors (Lipinski definition) is 1. The Balaban J connectivity index is 2.16. The molecule has 0 unspecified atom stereocenters. The number of halogens is 1. The lowest BCUT2D eigenvalue weighted by atomic mass is 10.2. The number of pyridine rings is 1. The lowest BCUT2D eigenvalue weighted by molar-refractivity contribution is 0.414. The highest BCUT2D eigenvalue weighted by Gasteiger charge is 2.16. The Labute approximate surface area is 141 Å². The molecular formula is C15H18ClN3O3S. The van der Waals surface area contributed by atoms with Crippen LogP contribution in [0.4, 0.5) is 5.82 Å². The van der Waals surface area contributed by atoms with Gasteiger partial charge in [0.05, 0.1) is 17.0 Å². The van der Waals surface area contributed by atoms with Gasteiger partial charge >= 0.3 is 0 Å². The zero-order chi connectivity index (χ0) is 17.0. The van der Waals surface area contributed by atoms with Crippen LogP contribution in [0.15, 0.2) is 41.4 Å². The maximum Gasteiger partial charge on any atom is 0.240 e. The normalized spacial score (nSPS) is 11.3. The first-order valence-electron chi connectivity index (χ1n) is 6.79. The second-order valence-corrected chi connectivity index (χ2v) is 7.21. The van der Waals surface area contributed by atoms with Crippen LogP contribution in [0.1, 0.15) is 5.56 Å². The highest BCUT2D eigenvalue weighted by molar-refractivity contribution is 7.89. The number of benzene rings is 1. The first-order valence-corrected chi connectivity index (χ1v) is 8.65. The maximum atomic E-state index is 12.3. The second kappa shape index (κ2) is 7.16. The molecule has 0 amide bonds. The molecule has 1 heterocycles. The molecule has 1 aromatic heterocycles. The third-order valence-corrected chi connectivity index (χ3v) is 4.86. The monoisotopic (exact) mass is 355 g/mol. The zero-order valence-corrected chi connectivity index (χ0v) is 14.6. The molecule has 0 saturated heterocycles. The highest BCUT2D eigenvalue weighted by Crippen LogP contribution is 2.26. The Bertz CT molecular complexity index is 794. The van der Waals surface area contributed by atoms with Crippen LogP contribution in [-0.4, -0.2) is 34.6 Å². The van der Waals surface area contributed by atoms with Gasteiger partial charge in [-0.15, -0.1) is 0 Å². The number of methoxy groups -OCH3 is 1. The smallest absolute Gasteiger partial charge is 0.240 e. The van der Waals surface area contributed by atoms with E-state index in [1.54, 1.807) is 12.3 Å². The van der Waals surface area contributed by atoms with Crippen LogP contribution < -0.4 is 14.4 Å². The third kappa shape index (κ3) is 4.34. The second-order valence-electron chi connectivity index (χ2n) is 5.04. The van der Waals surface area contributed by atoms with Gasteiger partial charge in [-0.25, -0.2) is 18.1 Å². The fraction of sp³-hybridized carbons (Fsp3) is 0.267. The molecule has 6 nitrogen and oxygen atoms in total. The van der Waals surface area contributed by atoms with Crippen molar-refractivity contribution >= 4 is 27.4 Å². The first-order chi connectivity index (χ1) is 10.8. The summed E-state index contributed by atoms with van der Waals surface area (Å²) in [5.74, 6) is 1.18. The summed E-state index contributed by atoms with van der Waals surface area (Å²) in [5, 5.41) is 0.245. The van der Waals surface area contributed by atoms with E-state index >= 15 is 0 Å². The predicted octanol–water partition coefficient (Wildman–Crippen LogP) is 2.29. The van der Waals surface area contributed by atoms with E-state index in [-0.39, 0.29) is 16.5 Å². The topological polar surface area (TPSA) is 71.5 Å². The van der Waals surface area contributed by atoms with Crippen molar-refractivity contribution in [3.8, 4) is 5.75 Å². The molecule has 0 spiro atoms. The Morgan fingerprint density at radius 3 is 2.61 bits per heavy atom. The number of nitrogens with one attached hydrogen (secondary N) is 1. The van der Waals surface area contributed by atoms with Crippen molar-refractivity contribution in [2.45, 2.75) is 11.4 Å². The Morgan fingerprint density at radius 2 is 2.00 bits per heavy atom. The summed E-state index contributed by atoms with van der Waals surface area (Å²) in [6.45, 7) is 0.162. The molecule has 8 heteroatoms. The van der Waals surface area contributed by atoms with Crippen molar-refractivity contribution < 1.29 is 13.2 Å². The van der Waals surface area contributed by atoms with Crippen LogP contribution in [0, 0.1) is 0 Å². The molecule has 0 bridgehead atoms. The van der Waals surface area contributed by atoms with Crippen molar-refractivity contribution in [2.24, 2.45) is 0 Å². The largest absolute Gasteiger partial charge is 0.495 e. The molecule has 2 rings (SSSR count). The van der Waals surface area contributed by atoms with E-state index in [0.29, 0.717) is 5.75 Å². The molecule has 0 aliphatic rings. The van der Waals surface area contributed by atoms with Gasteiger partial charge in [0.1, 0.15) is 11.6 Å². The van der Waals surface area contributed by atoms with E-state index in [2.05, 4.69) is 9.71 Å². The minimum Gasteiger partial charge on any atom is -0.495 e. The van der Waals surface area contributed by atoms with E-state index in [9.17, 15) is 8.42 Å². The van der Waals surface area contributed by atoms with Gasteiger partial charge < -0.3 is 9.64 Å². The minimum absolute atomic E-state index is 0.0881. The molecule has 0 aliphatic carbocycles. The van der Waals surface area contributed by atoms with Crippen molar-refractivity contribution in [3.63, 3.8) is 0 Å².